The normalized spacial score (nSPS) is 13.9. The van der Waals surface area contributed by atoms with Gasteiger partial charge in [0.15, 0.2) is 5.78 Å². The molecular formula is C18H18BClO2. The number of aryl methyl sites for hydroxylation is 2. The van der Waals surface area contributed by atoms with Crippen LogP contribution < -0.4 is 5.46 Å². The van der Waals surface area contributed by atoms with Crippen molar-refractivity contribution in [3.05, 3.63) is 63.7 Å². The fourth-order valence-electron chi connectivity index (χ4n) is 3.06. The van der Waals surface area contributed by atoms with Gasteiger partial charge in [-0.2, -0.15) is 0 Å². The minimum Gasteiger partial charge on any atom is -0.446 e. The van der Waals surface area contributed by atoms with Crippen LogP contribution in [0.3, 0.4) is 0 Å². The molecule has 1 heterocycles. The molecule has 0 fully saturated rings. The van der Waals surface area contributed by atoms with E-state index in [0.29, 0.717) is 17.0 Å². The van der Waals surface area contributed by atoms with Crippen LogP contribution in [0.1, 0.15) is 33.5 Å². The lowest BCUT2D eigenvalue weighted by Crippen LogP contribution is -2.36. The zero-order valence-electron chi connectivity index (χ0n) is 12.6. The quantitative estimate of drug-likeness (QED) is 0.698. The van der Waals surface area contributed by atoms with Gasteiger partial charge in [0.25, 0.3) is 0 Å². The molecule has 2 nitrogen and oxygen atoms in total. The van der Waals surface area contributed by atoms with Crippen LogP contribution in [0.5, 0.6) is 0 Å². The number of benzene rings is 2. The number of carbonyl (C=O) groups excluding carboxylic acids is 1. The summed E-state index contributed by atoms with van der Waals surface area (Å²) in [5.41, 5.74) is 4.71. The number of rotatable bonds is 3. The molecule has 3 rings (SSSR count). The van der Waals surface area contributed by atoms with E-state index in [-0.39, 0.29) is 5.78 Å². The lowest BCUT2D eigenvalue weighted by atomic mass is 9.53. The minimum atomic E-state index is -0.401. The lowest BCUT2D eigenvalue weighted by molar-refractivity contribution is 0.0993. The summed E-state index contributed by atoms with van der Waals surface area (Å²) in [7, 11) is 0. The lowest BCUT2D eigenvalue weighted by Gasteiger charge is -2.19. The average molecular weight is 313 g/mol. The summed E-state index contributed by atoms with van der Waals surface area (Å²) >= 11 is 6.17. The zero-order valence-corrected chi connectivity index (χ0v) is 13.4. The molecule has 112 valence electrons. The van der Waals surface area contributed by atoms with Crippen LogP contribution in [0, 0.1) is 6.92 Å². The predicted molar refractivity (Wildman–Crippen MR) is 91.4 cm³/mol. The van der Waals surface area contributed by atoms with Gasteiger partial charge in [-0.1, -0.05) is 47.9 Å². The number of carbonyl (C=O) groups is 1. The van der Waals surface area contributed by atoms with Gasteiger partial charge in [0.1, 0.15) is 0 Å². The van der Waals surface area contributed by atoms with E-state index in [2.05, 4.69) is 0 Å². The van der Waals surface area contributed by atoms with Gasteiger partial charge in [-0.15, -0.1) is 0 Å². The molecule has 0 unspecified atom stereocenters. The van der Waals surface area contributed by atoms with E-state index in [1.165, 1.54) is 5.56 Å². The molecule has 0 atom stereocenters. The Balaban J connectivity index is 1.84. The van der Waals surface area contributed by atoms with Gasteiger partial charge in [0, 0.05) is 12.0 Å². The molecule has 1 aliphatic heterocycles. The molecule has 0 aliphatic carbocycles. The number of hydrogen-bond acceptors (Lipinski definition) is 2. The molecule has 0 aromatic heterocycles. The van der Waals surface area contributed by atoms with E-state index < -0.39 is 6.92 Å². The molecule has 2 aromatic rings. The van der Waals surface area contributed by atoms with Crippen molar-refractivity contribution in [3.63, 3.8) is 0 Å². The highest BCUT2D eigenvalue weighted by molar-refractivity contribution is 6.67. The summed E-state index contributed by atoms with van der Waals surface area (Å²) in [5.74, 6) is 0.00949. The molecule has 0 spiro atoms. The third-order valence-corrected chi connectivity index (χ3v) is 4.60. The predicted octanol–water partition coefficient (Wildman–Crippen LogP) is 3.21. The van der Waals surface area contributed by atoms with Crippen LogP contribution >= 0.6 is 11.6 Å². The van der Waals surface area contributed by atoms with Gasteiger partial charge in [0.2, 0.25) is 0 Å². The summed E-state index contributed by atoms with van der Waals surface area (Å²) in [4.78, 5) is 12.4. The van der Waals surface area contributed by atoms with Crippen molar-refractivity contribution in [1.29, 1.82) is 0 Å². The second-order valence-corrected chi connectivity index (χ2v) is 6.43. The molecule has 1 aliphatic rings. The third-order valence-electron chi connectivity index (χ3n) is 4.28. The van der Waals surface area contributed by atoms with Crippen LogP contribution in [0.25, 0.3) is 0 Å². The number of hydrogen-bond donors (Lipinski definition) is 1. The summed E-state index contributed by atoms with van der Waals surface area (Å²) in [6.07, 6.45) is 3.13. The van der Waals surface area contributed by atoms with E-state index in [4.69, 9.17) is 11.6 Å². The second kappa shape index (κ2) is 6.27. The Kier molecular flexibility index (Phi) is 4.37. The molecular weight excluding hydrogens is 294 g/mol. The maximum absolute atomic E-state index is 12.4. The summed E-state index contributed by atoms with van der Waals surface area (Å²) in [5, 5.41) is 10.6. The molecule has 2 aromatic carbocycles. The van der Waals surface area contributed by atoms with E-state index in [0.717, 1.165) is 35.8 Å². The fraction of sp³-hybridized carbons (Fsp3) is 0.278. The van der Waals surface area contributed by atoms with Crippen LogP contribution in [-0.4, -0.2) is 17.7 Å². The van der Waals surface area contributed by atoms with Crippen molar-refractivity contribution in [3.8, 4) is 0 Å². The largest absolute Gasteiger partial charge is 0.446 e. The zero-order chi connectivity index (χ0) is 15.7. The number of halogens is 1. The highest BCUT2D eigenvalue weighted by atomic mass is 35.5. The summed E-state index contributed by atoms with van der Waals surface area (Å²) < 4.78 is 0. The van der Waals surface area contributed by atoms with Crippen LogP contribution in [0.2, 0.25) is 11.3 Å². The molecule has 0 saturated heterocycles. The SMILES string of the molecule is Cc1ccc(C(=O)Cc2ccc3c(c2)B(O)CCC3)c(Cl)c1. The van der Waals surface area contributed by atoms with Crippen molar-refractivity contribution in [2.45, 2.75) is 32.5 Å². The van der Waals surface area contributed by atoms with E-state index in [9.17, 15) is 9.82 Å². The first-order valence-corrected chi connectivity index (χ1v) is 8.01. The molecule has 0 amide bonds. The molecule has 0 saturated carbocycles. The standard InChI is InChI=1S/C18H18BClO2/c1-12-4-7-15(17(20)9-12)18(21)11-13-5-6-14-3-2-8-19(22)16(14)10-13/h4-7,9-10,22H,2-3,8,11H2,1H3. The monoisotopic (exact) mass is 312 g/mol. The fourth-order valence-corrected chi connectivity index (χ4v) is 3.40. The molecule has 0 bridgehead atoms. The van der Waals surface area contributed by atoms with Gasteiger partial charge in [0.05, 0.1) is 5.02 Å². The van der Waals surface area contributed by atoms with Crippen LogP contribution in [0.15, 0.2) is 36.4 Å². The highest BCUT2D eigenvalue weighted by Crippen LogP contribution is 2.20. The van der Waals surface area contributed by atoms with E-state index in [1.54, 1.807) is 6.07 Å². The van der Waals surface area contributed by atoms with Crippen molar-refractivity contribution >= 4 is 29.8 Å². The Morgan fingerprint density at radius 2 is 2.09 bits per heavy atom. The maximum Gasteiger partial charge on any atom is 0.323 e. The topological polar surface area (TPSA) is 37.3 Å². The van der Waals surface area contributed by atoms with Gasteiger partial charge in [-0.05, 0) is 48.4 Å². The molecule has 0 radical (unpaired) electrons. The summed E-state index contributed by atoms with van der Waals surface area (Å²) in [6.45, 7) is 1.55. The first-order valence-electron chi connectivity index (χ1n) is 7.63. The molecule has 1 N–H and O–H groups in total. The van der Waals surface area contributed by atoms with Crippen LogP contribution in [-0.2, 0) is 12.8 Å². The second-order valence-electron chi connectivity index (χ2n) is 6.02. The van der Waals surface area contributed by atoms with E-state index >= 15 is 0 Å². The Labute approximate surface area is 136 Å². The third kappa shape index (κ3) is 3.11. The first-order chi connectivity index (χ1) is 10.5. The number of ketones is 1. The Bertz CT molecular complexity index is 727. The average Bonchev–Trinajstić information content (AvgIpc) is 2.48. The Morgan fingerprint density at radius 3 is 2.86 bits per heavy atom. The van der Waals surface area contributed by atoms with Gasteiger partial charge >= 0.3 is 6.92 Å². The van der Waals surface area contributed by atoms with Gasteiger partial charge < -0.3 is 5.02 Å². The van der Waals surface area contributed by atoms with Gasteiger partial charge in [-0.25, -0.2) is 0 Å². The first kappa shape index (κ1) is 15.3. The summed E-state index contributed by atoms with van der Waals surface area (Å²) in [6, 6.07) is 11.5. The van der Waals surface area contributed by atoms with E-state index in [1.807, 2.05) is 37.3 Å². The maximum atomic E-state index is 12.4. The minimum absolute atomic E-state index is 0.00949. The van der Waals surface area contributed by atoms with Gasteiger partial charge in [-0.3, -0.25) is 4.79 Å². The van der Waals surface area contributed by atoms with Crippen molar-refractivity contribution in [2.24, 2.45) is 0 Å². The van der Waals surface area contributed by atoms with Crippen molar-refractivity contribution in [1.82, 2.24) is 0 Å². The van der Waals surface area contributed by atoms with Crippen molar-refractivity contribution < 1.29 is 9.82 Å². The van der Waals surface area contributed by atoms with Crippen molar-refractivity contribution in [2.75, 3.05) is 0 Å². The molecule has 4 heteroatoms. The highest BCUT2D eigenvalue weighted by Gasteiger charge is 2.23. The number of fused-ring (bicyclic) bond motifs is 1. The van der Waals surface area contributed by atoms with Crippen LogP contribution in [0.4, 0.5) is 0 Å². The number of Topliss-reactive ketones (excluding diaryl/α,β-unsaturated/α-hetero) is 1. The smallest absolute Gasteiger partial charge is 0.323 e. The molecule has 22 heavy (non-hydrogen) atoms. The Morgan fingerprint density at radius 1 is 1.27 bits per heavy atom. The Hall–Kier alpha value is -1.58.